The van der Waals surface area contributed by atoms with Crippen LogP contribution in [0.4, 0.5) is 0 Å². The fraction of sp³-hybridized carbons (Fsp3) is 0.684. The van der Waals surface area contributed by atoms with Crippen LogP contribution in [0.5, 0.6) is 11.5 Å². The van der Waals surface area contributed by atoms with Gasteiger partial charge in [-0.25, -0.2) is 0 Å². The molecule has 1 rings (SSSR count). The molecule has 0 amide bonds. The number of unbranched alkanes of at least 4 members (excludes halogenated alkanes) is 1. The highest BCUT2D eigenvalue weighted by molar-refractivity contribution is 9.10. The molecule has 0 heterocycles. The van der Waals surface area contributed by atoms with Gasteiger partial charge in [-0.2, -0.15) is 0 Å². The summed E-state index contributed by atoms with van der Waals surface area (Å²) in [6, 6.07) is 4.14. The van der Waals surface area contributed by atoms with Crippen LogP contribution >= 0.6 is 15.9 Å². The topological polar surface area (TPSA) is 39.7 Å². The lowest BCUT2D eigenvalue weighted by Crippen LogP contribution is -2.17. The highest BCUT2D eigenvalue weighted by Gasteiger charge is 2.13. The van der Waals surface area contributed by atoms with E-state index >= 15 is 0 Å². The highest BCUT2D eigenvalue weighted by Crippen LogP contribution is 2.37. The first-order chi connectivity index (χ1) is 11.6. The molecular weight excluding hydrogens is 370 g/mol. The van der Waals surface area contributed by atoms with Gasteiger partial charge < -0.3 is 19.5 Å². The third-order valence-electron chi connectivity index (χ3n) is 3.34. The standard InChI is InChI=1S/C19H32BrNO3/c1-5-7-10-22-11-8-9-21-14-16-12-17(20)19(24-15(3)4)18(13-16)23-6-2/h12-13,15,21H,5-11,14H2,1-4H3. The predicted molar refractivity (Wildman–Crippen MR) is 103 cm³/mol. The molecule has 0 aliphatic rings. The van der Waals surface area contributed by atoms with Crippen molar-refractivity contribution in [2.75, 3.05) is 26.4 Å². The van der Waals surface area contributed by atoms with Gasteiger partial charge in [-0.05, 0) is 73.8 Å². The van der Waals surface area contributed by atoms with E-state index in [0.717, 1.165) is 55.1 Å². The van der Waals surface area contributed by atoms with Crippen molar-refractivity contribution < 1.29 is 14.2 Å². The van der Waals surface area contributed by atoms with Crippen LogP contribution in [0.15, 0.2) is 16.6 Å². The molecule has 0 saturated carbocycles. The van der Waals surface area contributed by atoms with Crippen molar-refractivity contribution in [3.05, 3.63) is 22.2 Å². The largest absolute Gasteiger partial charge is 0.490 e. The van der Waals surface area contributed by atoms with E-state index < -0.39 is 0 Å². The summed E-state index contributed by atoms with van der Waals surface area (Å²) in [5.41, 5.74) is 1.17. The summed E-state index contributed by atoms with van der Waals surface area (Å²) in [6.07, 6.45) is 3.47. The zero-order valence-electron chi connectivity index (χ0n) is 15.5. The molecule has 138 valence electrons. The van der Waals surface area contributed by atoms with Gasteiger partial charge in [0.2, 0.25) is 0 Å². The molecule has 0 unspecified atom stereocenters. The summed E-state index contributed by atoms with van der Waals surface area (Å²) < 4.78 is 18.1. The number of nitrogens with one attached hydrogen (secondary N) is 1. The lowest BCUT2D eigenvalue weighted by Gasteiger charge is -2.17. The van der Waals surface area contributed by atoms with Crippen molar-refractivity contribution in [2.45, 2.75) is 59.6 Å². The number of hydrogen-bond acceptors (Lipinski definition) is 4. The van der Waals surface area contributed by atoms with E-state index in [4.69, 9.17) is 14.2 Å². The molecule has 0 spiro atoms. The second kappa shape index (κ2) is 12.6. The van der Waals surface area contributed by atoms with Gasteiger partial charge in [0.25, 0.3) is 0 Å². The first kappa shape index (κ1) is 21.3. The summed E-state index contributed by atoms with van der Waals surface area (Å²) in [5.74, 6) is 1.57. The summed E-state index contributed by atoms with van der Waals surface area (Å²) >= 11 is 3.60. The maximum absolute atomic E-state index is 5.86. The Morgan fingerprint density at radius 1 is 1.12 bits per heavy atom. The zero-order valence-corrected chi connectivity index (χ0v) is 17.1. The normalized spacial score (nSPS) is 11.1. The van der Waals surface area contributed by atoms with Gasteiger partial charge in [0.1, 0.15) is 0 Å². The van der Waals surface area contributed by atoms with Gasteiger partial charge in [-0.3, -0.25) is 0 Å². The number of halogens is 1. The van der Waals surface area contributed by atoms with Crippen LogP contribution < -0.4 is 14.8 Å². The lowest BCUT2D eigenvalue weighted by atomic mass is 10.2. The second-order valence-electron chi connectivity index (χ2n) is 6.00. The quantitative estimate of drug-likeness (QED) is 0.475. The maximum atomic E-state index is 5.86. The monoisotopic (exact) mass is 401 g/mol. The van der Waals surface area contributed by atoms with Crippen LogP contribution in [0.3, 0.4) is 0 Å². The fourth-order valence-corrected chi connectivity index (χ4v) is 2.80. The summed E-state index contributed by atoms with van der Waals surface area (Å²) in [4.78, 5) is 0. The number of benzene rings is 1. The van der Waals surface area contributed by atoms with E-state index in [1.807, 2.05) is 20.8 Å². The van der Waals surface area contributed by atoms with Gasteiger partial charge in [-0.1, -0.05) is 13.3 Å². The first-order valence-corrected chi connectivity index (χ1v) is 9.78. The van der Waals surface area contributed by atoms with Crippen LogP contribution in [0, 0.1) is 0 Å². The van der Waals surface area contributed by atoms with Crippen molar-refractivity contribution in [2.24, 2.45) is 0 Å². The summed E-state index contributed by atoms with van der Waals surface area (Å²) in [6.45, 7) is 12.2. The van der Waals surface area contributed by atoms with Crippen LogP contribution in [0.1, 0.15) is 52.5 Å². The minimum atomic E-state index is 0.109. The van der Waals surface area contributed by atoms with Crippen LogP contribution in [-0.4, -0.2) is 32.5 Å². The van der Waals surface area contributed by atoms with Crippen molar-refractivity contribution in [1.29, 1.82) is 0 Å². The number of hydrogen-bond donors (Lipinski definition) is 1. The average Bonchev–Trinajstić information content (AvgIpc) is 2.53. The molecule has 1 aromatic rings. The van der Waals surface area contributed by atoms with E-state index in [1.165, 1.54) is 12.0 Å². The van der Waals surface area contributed by atoms with E-state index in [9.17, 15) is 0 Å². The van der Waals surface area contributed by atoms with Crippen LogP contribution in [0.2, 0.25) is 0 Å². The number of ether oxygens (including phenoxy) is 3. The Labute approximate surface area is 155 Å². The van der Waals surface area contributed by atoms with Crippen molar-refractivity contribution in [3.8, 4) is 11.5 Å². The molecule has 4 nitrogen and oxygen atoms in total. The molecule has 5 heteroatoms. The SMILES string of the molecule is CCCCOCCCNCc1cc(Br)c(OC(C)C)c(OCC)c1. The van der Waals surface area contributed by atoms with Crippen molar-refractivity contribution in [3.63, 3.8) is 0 Å². The molecule has 0 atom stereocenters. The molecule has 1 N–H and O–H groups in total. The zero-order chi connectivity index (χ0) is 17.8. The molecule has 0 fully saturated rings. The Morgan fingerprint density at radius 2 is 1.88 bits per heavy atom. The Balaban J connectivity index is 2.47. The van der Waals surface area contributed by atoms with Gasteiger partial charge in [-0.15, -0.1) is 0 Å². The Bertz CT molecular complexity index is 466. The average molecular weight is 402 g/mol. The fourth-order valence-electron chi connectivity index (χ4n) is 2.22. The molecule has 0 radical (unpaired) electrons. The van der Waals surface area contributed by atoms with E-state index in [1.54, 1.807) is 0 Å². The van der Waals surface area contributed by atoms with E-state index in [-0.39, 0.29) is 6.10 Å². The minimum Gasteiger partial charge on any atom is -0.490 e. The summed E-state index contributed by atoms with van der Waals surface area (Å²) in [5, 5.41) is 3.45. The molecule has 0 aromatic heterocycles. The van der Waals surface area contributed by atoms with Gasteiger partial charge >= 0.3 is 0 Å². The van der Waals surface area contributed by atoms with Crippen molar-refractivity contribution >= 4 is 15.9 Å². The van der Waals surface area contributed by atoms with Gasteiger partial charge in [0.15, 0.2) is 11.5 Å². The van der Waals surface area contributed by atoms with Crippen molar-refractivity contribution in [1.82, 2.24) is 5.32 Å². The number of rotatable bonds is 13. The Kier molecular flexibility index (Phi) is 11.1. The third kappa shape index (κ3) is 8.36. The van der Waals surface area contributed by atoms with Gasteiger partial charge in [0, 0.05) is 19.8 Å². The van der Waals surface area contributed by atoms with E-state index in [0.29, 0.717) is 6.61 Å². The Morgan fingerprint density at radius 3 is 2.54 bits per heavy atom. The lowest BCUT2D eigenvalue weighted by molar-refractivity contribution is 0.129. The van der Waals surface area contributed by atoms with Crippen LogP contribution in [0.25, 0.3) is 0 Å². The molecular formula is C19H32BrNO3. The third-order valence-corrected chi connectivity index (χ3v) is 3.93. The van der Waals surface area contributed by atoms with Crippen LogP contribution in [-0.2, 0) is 11.3 Å². The Hall–Kier alpha value is -0.780. The first-order valence-electron chi connectivity index (χ1n) is 8.98. The predicted octanol–water partition coefficient (Wildman–Crippen LogP) is 4.93. The molecule has 0 bridgehead atoms. The smallest absolute Gasteiger partial charge is 0.175 e. The highest BCUT2D eigenvalue weighted by atomic mass is 79.9. The molecule has 24 heavy (non-hydrogen) atoms. The minimum absolute atomic E-state index is 0.109. The molecule has 0 aliphatic heterocycles. The molecule has 0 saturated heterocycles. The van der Waals surface area contributed by atoms with Gasteiger partial charge in [0.05, 0.1) is 17.2 Å². The van der Waals surface area contributed by atoms with E-state index in [2.05, 4.69) is 40.3 Å². The molecule has 1 aromatic carbocycles. The summed E-state index contributed by atoms with van der Waals surface area (Å²) in [7, 11) is 0. The molecule has 0 aliphatic carbocycles. The maximum Gasteiger partial charge on any atom is 0.175 e. The second-order valence-corrected chi connectivity index (χ2v) is 6.86.